The second-order valence-corrected chi connectivity index (χ2v) is 17.1. The van der Waals surface area contributed by atoms with E-state index in [1.165, 1.54) is 24.8 Å². The van der Waals surface area contributed by atoms with E-state index in [0.717, 1.165) is 22.3 Å². The predicted molar refractivity (Wildman–Crippen MR) is 251 cm³/mol. The number of carboxylic acid groups (broad SMARTS) is 1. The highest BCUT2D eigenvalue weighted by Crippen LogP contribution is 2.24. The molecule has 5 amide bonds. The molecule has 0 saturated carbocycles. The van der Waals surface area contributed by atoms with Gasteiger partial charge in [0.1, 0.15) is 29.9 Å². The van der Waals surface area contributed by atoms with E-state index in [-0.39, 0.29) is 38.0 Å². The molecular formula is C50H63N7O10. The topological polar surface area (TPSA) is 287 Å². The molecule has 0 aromatic heterocycles. The summed E-state index contributed by atoms with van der Waals surface area (Å²) in [5.74, 6) is -5.27. The first-order valence-corrected chi connectivity index (χ1v) is 22.6. The van der Waals surface area contributed by atoms with E-state index in [0.29, 0.717) is 43.4 Å². The number of carbonyl (C=O) groups is 6. The predicted octanol–water partition coefficient (Wildman–Crippen LogP) is 1.67. The number of amides is 5. The van der Waals surface area contributed by atoms with Crippen molar-refractivity contribution in [2.24, 2.45) is 11.5 Å². The van der Waals surface area contributed by atoms with Gasteiger partial charge in [-0.3, -0.25) is 24.0 Å². The van der Waals surface area contributed by atoms with Gasteiger partial charge in [0.2, 0.25) is 29.5 Å². The van der Waals surface area contributed by atoms with Crippen molar-refractivity contribution in [1.29, 1.82) is 0 Å². The number of aliphatic hydroxyl groups excluding tert-OH is 2. The van der Waals surface area contributed by atoms with Crippen LogP contribution in [0.1, 0.15) is 68.2 Å². The average Bonchev–Trinajstić information content (AvgIpc) is 3.81. The largest absolute Gasteiger partial charge is 0.508 e. The Kier molecular flexibility index (Phi) is 19.0. The van der Waals surface area contributed by atoms with Crippen LogP contribution >= 0.6 is 0 Å². The second-order valence-electron chi connectivity index (χ2n) is 17.1. The number of carbonyl (C=O) groups excluding carboxylic acids is 5. The number of hydrogen-bond donors (Lipinski definition) is 10. The van der Waals surface area contributed by atoms with Crippen LogP contribution < -0.4 is 32.7 Å². The number of nitrogens with one attached hydrogen (secondary N) is 4. The number of aliphatic hydroxyl groups is 2. The van der Waals surface area contributed by atoms with Gasteiger partial charge >= 0.3 is 5.97 Å². The zero-order valence-corrected chi connectivity index (χ0v) is 37.8. The van der Waals surface area contributed by atoms with Gasteiger partial charge in [-0.25, -0.2) is 4.79 Å². The number of nitrogens with zero attached hydrogens (tertiary/aromatic N) is 1. The Morgan fingerprint density at radius 1 is 0.687 bits per heavy atom. The van der Waals surface area contributed by atoms with E-state index < -0.39 is 84.0 Å². The molecule has 1 aliphatic rings. The van der Waals surface area contributed by atoms with Crippen molar-refractivity contribution in [2.75, 3.05) is 13.1 Å². The molecular weight excluding hydrogens is 859 g/mol. The Hall–Kier alpha value is -6.66. The molecule has 1 fully saturated rings. The minimum Gasteiger partial charge on any atom is -0.508 e. The highest BCUT2D eigenvalue weighted by molar-refractivity contribution is 5.97. The minimum absolute atomic E-state index is 0.0358. The van der Waals surface area contributed by atoms with Crippen LogP contribution in [0, 0.1) is 0 Å². The number of phenols is 1. The van der Waals surface area contributed by atoms with E-state index >= 15 is 0 Å². The summed E-state index contributed by atoms with van der Waals surface area (Å²) in [6, 6.07) is 23.7. The van der Waals surface area contributed by atoms with Crippen LogP contribution in [0.25, 0.3) is 11.1 Å². The first-order valence-electron chi connectivity index (χ1n) is 22.6. The Morgan fingerprint density at radius 2 is 1.28 bits per heavy atom. The summed E-state index contributed by atoms with van der Waals surface area (Å²) in [5, 5.41) is 51.5. The highest BCUT2D eigenvalue weighted by atomic mass is 16.4. The number of carboxylic acids is 1. The third-order valence-electron chi connectivity index (χ3n) is 11.8. The zero-order valence-electron chi connectivity index (χ0n) is 37.8. The Bertz CT molecular complexity index is 2300. The highest BCUT2D eigenvalue weighted by Gasteiger charge is 2.41. The lowest BCUT2D eigenvalue weighted by molar-refractivity contribution is -0.146. The molecule has 1 saturated heterocycles. The van der Waals surface area contributed by atoms with Gasteiger partial charge in [0.25, 0.3) is 0 Å². The lowest BCUT2D eigenvalue weighted by atomic mass is 9.97. The molecule has 17 heteroatoms. The Labute approximate surface area is 390 Å². The molecule has 5 rings (SSSR count). The van der Waals surface area contributed by atoms with Crippen molar-refractivity contribution in [3.05, 3.63) is 125 Å². The molecule has 12 N–H and O–H groups in total. The molecule has 4 aromatic carbocycles. The van der Waals surface area contributed by atoms with E-state index in [2.05, 4.69) is 21.3 Å². The molecule has 0 radical (unpaired) electrons. The molecule has 1 heterocycles. The van der Waals surface area contributed by atoms with Crippen molar-refractivity contribution in [2.45, 2.75) is 114 Å². The Balaban J connectivity index is 1.35. The summed E-state index contributed by atoms with van der Waals surface area (Å²) in [6.45, 7) is 2.88. The number of nitrogens with two attached hydrogens (primary N) is 2. The van der Waals surface area contributed by atoms with E-state index in [4.69, 9.17) is 11.5 Å². The molecule has 0 aliphatic carbocycles. The second kappa shape index (κ2) is 24.7. The smallest absolute Gasteiger partial charge is 0.328 e. The van der Waals surface area contributed by atoms with Gasteiger partial charge in [-0.15, -0.1) is 0 Å². The van der Waals surface area contributed by atoms with Crippen molar-refractivity contribution < 1.29 is 49.2 Å². The fourth-order valence-corrected chi connectivity index (χ4v) is 8.05. The third-order valence-corrected chi connectivity index (χ3v) is 11.8. The van der Waals surface area contributed by atoms with Gasteiger partial charge in [0, 0.05) is 19.4 Å². The number of aromatic hydroxyl groups is 1. The summed E-state index contributed by atoms with van der Waals surface area (Å²) < 4.78 is 0. The van der Waals surface area contributed by atoms with E-state index in [9.17, 15) is 49.2 Å². The van der Waals surface area contributed by atoms with Crippen molar-refractivity contribution in [1.82, 2.24) is 26.2 Å². The molecule has 67 heavy (non-hydrogen) atoms. The summed E-state index contributed by atoms with van der Waals surface area (Å²) in [6.07, 6.45) is -0.971. The first-order chi connectivity index (χ1) is 32.1. The van der Waals surface area contributed by atoms with E-state index in [1.807, 2.05) is 84.9 Å². The number of likely N-dealkylation sites (tertiary alicyclic amines) is 1. The van der Waals surface area contributed by atoms with Crippen LogP contribution in [0.3, 0.4) is 0 Å². The molecule has 0 bridgehead atoms. The molecule has 17 nitrogen and oxygen atoms in total. The molecule has 0 unspecified atom stereocenters. The fourth-order valence-electron chi connectivity index (χ4n) is 8.05. The first kappa shape index (κ1) is 51.3. The normalized spacial score (nSPS) is 16.6. The van der Waals surface area contributed by atoms with Gasteiger partial charge in [-0.05, 0) is 98.4 Å². The maximum Gasteiger partial charge on any atom is 0.328 e. The molecule has 1 aliphatic heterocycles. The van der Waals surface area contributed by atoms with Gasteiger partial charge < -0.3 is 58.1 Å². The standard InChI is InChI=1S/C50H63N7O10/c1-30(58)43(49(65)57-25-11-17-41(57)48(64)53-39(16-9-10-24-51)46(62)56-44(31(2)59)50(66)67)55-47(63)40(29-34-20-23-42(60)37(27-34)26-32-12-5-3-6-13-32)54-45(61)38(52)28-33-18-21-36(22-19-33)35-14-7-4-8-15-35/h3-8,12-15,18-23,27,30-31,38-41,43-44,58-60H,9-11,16-17,24-26,28-29,51-52H2,1-2H3,(H,53,64)(H,54,61)(H,55,63)(H,56,62)(H,66,67)/t30-,31-,38+,39+,40+,41+,43+,44+/m1/s1. The monoisotopic (exact) mass is 921 g/mol. The maximum absolute atomic E-state index is 14.4. The molecule has 4 aromatic rings. The summed E-state index contributed by atoms with van der Waals surface area (Å²) in [4.78, 5) is 82.5. The molecule has 358 valence electrons. The average molecular weight is 922 g/mol. The van der Waals surface area contributed by atoms with Crippen LogP contribution in [-0.2, 0) is 48.0 Å². The van der Waals surface area contributed by atoms with Gasteiger partial charge in [0.05, 0.1) is 18.2 Å². The van der Waals surface area contributed by atoms with Gasteiger partial charge in [0.15, 0.2) is 6.04 Å². The number of hydrogen-bond acceptors (Lipinski definition) is 11. The van der Waals surface area contributed by atoms with Crippen molar-refractivity contribution >= 4 is 35.5 Å². The van der Waals surface area contributed by atoms with Gasteiger partial charge in [-0.2, -0.15) is 0 Å². The van der Waals surface area contributed by atoms with Crippen molar-refractivity contribution in [3.63, 3.8) is 0 Å². The van der Waals surface area contributed by atoms with Gasteiger partial charge in [-0.1, -0.05) is 97.1 Å². The lowest BCUT2D eigenvalue weighted by Gasteiger charge is -2.32. The lowest BCUT2D eigenvalue weighted by Crippen LogP contribution is -2.61. The van der Waals surface area contributed by atoms with Crippen molar-refractivity contribution in [3.8, 4) is 16.9 Å². The summed E-state index contributed by atoms with van der Waals surface area (Å²) >= 11 is 0. The molecule has 0 spiro atoms. The SMILES string of the molecule is C[C@@H](O)[C@H](NC(=O)[C@H](CCCCN)NC(=O)[C@@H]1CCCN1C(=O)[C@@H](NC(=O)[C@H](Cc1ccc(O)c(Cc2ccccc2)c1)NC(=O)[C@@H](N)Cc1ccc(-c2ccccc2)cc1)[C@@H](C)O)C(=O)O. The minimum atomic E-state index is -1.64. The molecule has 8 atom stereocenters. The van der Waals surface area contributed by atoms with E-state index in [1.54, 1.807) is 12.1 Å². The van der Waals surface area contributed by atoms with Crippen LogP contribution in [0.4, 0.5) is 0 Å². The summed E-state index contributed by atoms with van der Waals surface area (Å²) in [7, 11) is 0. The van der Waals surface area contributed by atoms with Crippen LogP contribution in [0.2, 0.25) is 0 Å². The number of rotatable bonds is 23. The Morgan fingerprint density at radius 3 is 1.91 bits per heavy atom. The third kappa shape index (κ3) is 14.7. The van der Waals surface area contributed by atoms with Crippen LogP contribution in [0.5, 0.6) is 5.75 Å². The number of phenolic OH excluding ortho intramolecular Hbond substituents is 1. The van der Waals surface area contributed by atoms with Crippen LogP contribution in [0.15, 0.2) is 103 Å². The maximum atomic E-state index is 14.4. The quantitative estimate of drug-likeness (QED) is 0.0476. The van der Waals surface area contributed by atoms with Crippen LogP contribution in [-0.4, -0.2) is 122 Å². The number of benzene rings is 4. The summed E-state index contributed by atoms with van der Waals surface area (Å²) in [5.41, 5.74) is 17.0. The zero-order chi connectivity index (χ0) is 48.6. The fraction of sp³-hybridized carbons (Fsp3) is 0.400. The number of unbranched alkanes of at least 4 members (excludes halogenated alkanes) is 1. The number of aliphatic carboxylic acids is 1.